The zero-order chi connectivity index (χ0) is 22.4. The van der Waals surface area contributed by atoms with Gasteiger partial charge in [0.25, 0.3) is 11.8 Å². The first-order valence-corrected chi connectivity index (χ1v) is 9.79. The molecule has 2 amide bonds. The lowest BCUT2D eigenvalue weighted by atomic mass is 10.2. The fourth-order valence-electron chi connectivity index (χ4n) is 2.62. The largest absolute Gasteiger partial charge is 0.459 e. The van der Waals surface area contributed by atoms with Crippen molar-refractivity contribution in [3.05, 3.63) is 81.5 Å². The molecule has 0 aliphatic rings. The number of carbonyl (C=O) groups is 3. The van der Waals surface area contributed by atoms with Crippen LogP contribution in [0.2, 0.25) is 10.2 Å². The zero-order valence-electron chi connectivity index (χ0n) is 16.3. The second-order valence-corrected chi connectivity index (χ2v) is 7.10. The maximum Gasteiger partial charge on any atom is 0.331 e. The third-order valence-electron chi connectivity index (χ3n) is 4.12. The standard InChI is InChI=1S/C21H17Cl2N3O5/c1-13-15(20(23)26(25-13)11-14-5-2-3-6-16(14)22)8-9-19(28)31-12-18(27)24-21(29)17-7-4-10-30-17/h2-10H,11-12H2,1H3,(H,24,27,29)/b9-8+. The van der Waals surface area contributed by atoms with Gasteiger partial charge < -0.3 is 9.15 Å². The molecule has 2 aromatic heterocycles. The van der Waals surface area contributed by atoms with E-state index in [4.69, 9.17) is 32.4 Å². The number of aryl methyl sites for hydroxylation is 1. The van der Waals surface area contributed by atoms with Gasteiger partial charge in [0.1, 0.15) is 5.15 Å². The lowest BCUT2D eigenvalue weighted by Gasteiger charge is -2.05. The number of furan rings is 1. The molecular weight excluding hydrogens is 445 g/mol. The molecule has 0 aliphatic heterocycles. The Kier molecular flexibility index (Phi) is 7.28. The summed E-state index contributed by atoms with van der Waals surface area (Å²) in [7, 11) is 0. The highest BCUT2D eigenvalue weighted by atomic mass is 35.5. The summed E-state index contributed by atoms with van der Waals surface area (Å²) in [6, 6.07) is 10.2. The third kappa shape index (κ3) is 5.84. The smallest absolute Gasteiger partial charge is 0.331 e. The second kappa shape index (κ2) is 10.1. The number of esters is 1. The lowest BCUT2D eigenvalue weighted by Crippen LogP contribution is -2.33. The number of ether oxygens (including phenoxy) is 1. The van der Waals surface area contributed by atoms with Crippen molar-refractivity contribution >= 4 is 47.1 Å². The Morgan fingerprint density at radius 2 is 1.97 bits per heavy atom. The average Bonchev–Trinajstić information content (AvgIpc) is 3.36. The van der Waals surface area contributed by atoms with E-state index in [2.05, 4.69) is 5.10 Å². The normalized spacial score (nSPS) is 10.9. The topological polar surface area (TPSA) is 103 Å². The quantitative estimate of drug-likeness (QED) is 0.425. The van der Waals surface area contributed by atoms with Gasteiger partial charge in [0.2, 0.25) is 0 Å². The van der Waals surface area contributed by atoms with Crippen LogP contribution in [0.5, 0.6) is 0 Å². The predicted molar refractivity (Wildman–Crippen MR) is 114 cm³/mol. The van der Waals surface area contributed by atoms with Gasteiger partial charge >= 0.3 is 5.97 Å². The molecule has 10 heteroatoms. The van der Waals surface area contributed by atoms with Crippen molar-refractivity contribution in [3.8, 4) is 0 Å². The second-order valence-electron chi connectivity index (χ2n) is 6.33. The molecule has 0 radical (unpaired) electrons. The number of hydrogen-bond acceptors (Lipinski definition) is 6. The molecule has 0 saturated heterocycles. The first-order chi connectivity index (χ1) is 14.8. The summed E-state index contributed by atoms with van der Waals surface area (Å²) in [6.45, 7) is 1.48. The molecule has 0 fully saturated rings. The number of imide groups is 1. The van der Waals surface area contributed by atoms with Crippen LogP contribution in [0.15, 0.2) is 53.2 Å². The van der Waals surface area contributed by atoms with Crippen molar-refractivity contribution in [1.29, 1.82) is 0 Å². The van der Waals surface area contributed by atoms with Crippen molar-refractivity contribution in [2.75, 3.05) is 6.61 Å². The fourth-order valence-corrected chi connectivity index (χ4v) is 3.11. The number of hydrogen-bond donors (Lipinski definition) is 1. The summed E-state index contributed by atoms with van der Waals surface area (Å²) in [4.78, 5) is 35.3. The first kappa shape index (κ1) is 22.3. The maximum atomic E-state index is 11.9. The zero-order valence-corrected chi connectivity index (χ0v) is 17.8. The molecule has 0 aliphatic carbocycles. The highest BCUT2D eigenvalue weighted by Gasteiger charge is 2.15. The molecule has 3 rings (SSSR count). The average molecular weight is 462 g/mol. The Labute approximate surface area is 187 Å². The van der Waals surface area contributed by atoms with E-state index in [0.29, 0.717) is 28.0 Å². The van der Waals surface area contributed by atoms with Crippen LogP contribution in [-0.4, -0.2) is 34.2 Å². The van der Waals surface area contributed by atoms with E-state index in [1.807, 2.05) is 23.5 Å². The van der Waals surface area contributed by atoms with E-state index >= 15 is 0 Å². The van der Waals surface area contributed by atoms with E-state index in [9.17, 15) is 14.4 Å². The van der Waals surface area contributed by atoms with Gasteiger partial charge in [-0.05, 0) is 36.8 Å². The van der Waals surface area contributed by atoms with Crippen LogP contribution in [-0.2, 0) is 20.9 Å². The fraction of sp³-hybridized carbons (Fsp3) is 0.143. The monoisotopic (exact) mass is 461 g/mol. The van der Waals surface area contributed by atoms with Crippen LogP contribution in [0.4, 0.5) is 0 Å². The summed E-state index contributed by atoms with van der Waals surface area (Å²) in [6.07, 6.45) is 3.87. The molecule has 3 aromatic rings. The number of amides is 2. The van der Waals surface area contributed by atoms with Gasteiger partial charge in [-0.3, -0.25) is 14.9 Å². The van der Waals surface area contributed by atoms with Gasteiger partial charge in [-0.1, -0.05) is 41.4 Å². The van der Waals surface area contributed by atoms with Crippen LogP contribution in [0.3, 0.4) is 0 Å². The molecule has 0 unspecified atom stereocenters. The van der Waals surface area contributed by atoms with E-state index in [1.54, 1.807) is 17.7 Å². The van der Waals surface area contributed by atoms with Gasteiger partial charge in [-0.15, -0.1) is 0 Å². The van der Waals surface area contributed by atoms with Gasteiger partial charge in [0, 0.05) is 16.7 Å². The van der Waals surface area contributed by atoms with Crippen LogP contribution < -0.4 is 5.32 Å². The number of nitrogens with one attached hydrogen (secondary N) is 1. The van der Waals surface area contributed by atoms with E-state index in [0.717, 1.165) is 11.6 Å². The molecule has 160 valence electrons. The van der Waals surface area contributed by atoms with Gasteiger partial charge in [-0.25, -0.2) is 9.48 Å². The number of halogens is 2. The predicted octanol–water partition coefficient (Wildman–Crippen LogP) is 3.65. The minimum absolute atomic E-state index is 0.0292. The van der Waals surface area contributed by atoms with Crippen LogP contribution in [0.1, 0.15) is 27.4 Å². The van der Waals surface area contributed by atoms with Crippen molar-refractivity contribution in [2.24, 2.45) is 0 Å². The van der Waals surface area contributed by atoms with Crippen LogP contribution in [0.25, 0.3) is 6.08 Å². The van der Waals surface area contributed by atoms with Crippen LogP contribution >= 0.6 is 23.2 Å². The maximum absolute atomic E-state index is 11.9. The summed E-state index contributed by atoms with van der Waals surface area (Å²) in [5, 5.41) is 7.33. The molecule has 0 saturated carbocycles. The van der Waals surface area contributed by atoms with Crippen LogP contribution in [0, 0.1) is 6.92 Å². The van der Waals surface area contributed by atoms with Gasteiger partial charge in [0.15, 0.2) is 12.4 Å². The number of rotatable bonds is 7. The molecule has 0 atom stereocenters. The van der Waals surface area contributed by atoms with E-state index in [1.165, 1.54) is 24.5 Å². The number of nitrogens with zero attached hydrogens (tertiary/aromatic N) is 2. The molecule has 2 heterocycles. The number of benzene rings is 1. The highest BCUT2D eigenvalue weighted by Crippen LogP contribution is 2.24. The molecule has 0 bridgehead atoms. The van der Waals surface area contributed by atoms with Crippen molar-refractivity contribution < 1.29 is 23.5 Å². The SMILES string of the molecule is Cc1nn(Cc2ccccc2Cl)c(Cl)c1/C=C/C(=O)OCC(=O)NC(=O)c1ccco1. The highest BCUT2D eigenvalue weighted by molar-refractivity contribution is 6.32. The Morgan fingerprint density at radius 3 is 2.68 bits per heavy atom. The molecule has 8 nitrogen and oxygen atoms in total. The molecular formula is C21H17Cl2N3O5. The Hall–Kier alpha value is -3.36. The van der Waals surface area contributed by atoms with Gasteiger partial charge in [0.05, 0.1) is 18.5 Å². The van der Waals surface area contributed by atoms with Gasteiger partial charge in [-0.2, -0.15) is 5.10 Å². The Bertz CT molecular complexity index is 1140. The molecule has 1 aromatic carbocycles. The lowest BCUT2D eigenvalue weighted by molar-refractivity contribution is -0.143. The molecule has 1 N–H and O–H groups in total. The van der Waals surface area contributed by atoms with Crippen molar-refractivity contribution in [1.82, 2.24) is 15.1 Å². The molecule has 0 spiro atoms. The van der Waals surface area contributed by atoms with Crippen molar-refractivity contribution in [3.63, 3.8) is 0 Å². The molecule has 31 heavy (non-hydrogen) atoms. The number of aromatic nitrogens is 2. The summed E-state index contributed by atoms with van der Waals surface area (Å²) >= 11 is 12.6. The minimum Gasteiger partial charge on any atom is -0.459 e. The van der Waals surface area contributed by atoms with Crippen molar-refractivity contribution in [2.45, 2.75) is 13.5 Å². The number of carbonyl (C=O) groups excluding carboxylic acids is 3. The summed E-state index contributed by atoms with van der Waals surface area (Å²) < 4.78 is 11.3. The third-order valence-corrected chi connectivity index (χ3v) is 4.88. The van der Waals surface area contributed by atoms with E-state index < -0.39 is 24.4 Å². The summed E-state index contributed by atoms with van der Waals surface area (Å²) in [5.74, 6) is -2.33. The Balaban J connectivity index is 1.56. The first-order valence-electron chi connectivity index (χ1n) is 9.04. The Morgan fingerprint density at radius 1 is 1.19 bits per heavy atom. The summed E-state index contributed by atoms with van der Waals surface area (Å²) in [5.41, 5.74) is 1.98. The van der Waals surface area contributed by atoms with E-state index in [-0.39, 0.29) is 5.76 Å². The minimum atomic E-state index is -0.787.